The molecule has 0 heterocycles. The van der Waals surface area contributed by atoms with Crippen molar-refractivity contribution in [2.75, 3.05) is 13.7 Å². The standard InChI is InChI=1S/C14H19FN2O4/c1-20-12-8-13(11(17(18)19)7-10(12)15)21-9-14(16)5-3-2-4-6-14/h7-8H,2-6,9,16H2,1H3. The van der Waals surface area contributed by atoms with E-state index in [4.69, 9.17) is 15.2 Å². The third-order valence-electron chi connectivity index (χ3n) is 3.79. The quantitative estimate of drug-likeness (QED) is 0.667. The van der Waals surface area contributed by atoms with Crippen molar-refractivity contribution in [2.24, 2.45) is 5.73 Å². The zero-order valence-corrected chi connectivity index (χ0v) is 11.9. The first kappa shape index (κ1) is 15.5. The smallest absolute Gasteiger partial charge is 0.314 e. The largest absolute Gasteiger partial charge is 0.494 e. The number of benzene rings is 1. The molecule has 1 aliphatic rings. The van der Waals surface area contributed by atoms with Crippen LogP contribution in [0.1, 0.15) is 32.1 Å². The molecule has 1 saturated carbocycles. The highest BCUT2D eigenvalue weighted by molar-refractivity contribution is 5.51. The molecule has 1 aromatic carbocycles. The molecule has 0 spiro atoms. The first-order valence-electron chi connectivity index (χ1n) is 6.89. The second kappa shape index (κ2) is 6.26. The highest BCUT2D eigenvalue weighted by atomic mass is 19.1. The molecule has 0 amide bonds. The SMILES string of the molecule is COc1cc(OCC2(N)CCCCC2)c([N+](=O)[O-])cc1F. The van der Waals surface area contributed by atoms with Crippen molar-refractivity contribution in [3.63, 3.8) is 0 Å². The second-order valence-corrected chi connectivity index (χ2v) is 5.42. The van der Waals surface area contributed by atoms with Crippen molar-refractivity contribution < 1.29 is 18.8 Å². The van der Waals surface area contributed by atoms with Gasteiger partial charge >= 0.3 is 5.69 Å². The lowest BCUT2D eigenvalue weighted by Crippen LogP contribution is -2.47. The number of nitrogens with two attached hydrogens (primary N) is 1. The number of rotatable bonds is 5. The van der Waals surface area contributed by atoms with Gasteiger partial charge in [0, 0.05) is 6.07 Å². The predicted molar refractivity (Wildman–Crippen MR) is 75.1 cm³/mol. The molecule has 0 unspecified atom stereocenters. The van der Waals surface area contributed by atoms with Crippen LogP contribution in [0.4, 0.5) is 10.1 Å². The minimum absolute atomic E-state index is 0.0198. The minimum Gasteiger partial charge on any atom is -0.494 e. The van der Waals surface area contributed by atoms with Crippen molar-refractivity contribution in [2.45, 2.75) is 37.6 Å². The summed E-state index contributed by atoms with van der Waals surface area (Å²) in [6.07, 6.45) is 4.82. The van der Waals surface area contributed by atoms with Crippen molar-refractivity contribution in [3.05, 3.63) is 28.1 Å². The van der Waals surface area contributed by atoms with Gasteiger partial charge in [0.25, 0.3) is 0 Å². The Hall–Kier alpha value is -1.89. The van der Waals surface area contributed by atoms with Crippen LogP contribution in [0.3, 0.4) is 0 Å². The highest BCUT2D eigenvalue weighted by Crippen LogP contribution is 2.35. The van der Waals surface area contributed by atoms with Gasteiger partial charge in [0.15, 0.2) is 11.6 Å². The van der Waals surface area contributed by atoms with E-state index in [1.165, 1.54) is 13.2 Å². The lowest BCUT2D eigenvalue weighted by Gasteiger charge is -2.32. The number of halogens is 1. The highest BCUT2D eigenvalue weighted by Gasteiger charge is 2.30. The summed E-state index contributed by atoms with van der Waals surface area (Å²) in [6, 6.07) is 2.00. The number of ether oxygens (including phenoxy) is 2. The monoisotopic (exact) mass is 298 g/mol. The van der Waals surface area contributed by atoms with Crippen LogP contribution in [0.5, 0.6) is 11.5 Å². The van der Waals surface area contributed by atoms with E-state index >= 15 is 0 Å². The number of methoxy groups -OCH3 is 1. The Morgan fingerprint density at radius 2 is 2.00 bits per heavy atom. The van der Waals surface area contributed by atoms with Gasteiger partial charge in [0.1, 0.15) is 6.61 Å². The molecule has 0 saturated heterocycles. The minimum atomic E-state index is -0.795. The zero-order valence-electron chi connectivity index (χ0n) is 11.9. The van der Waals surface area contributed by atoms with Crippen LogP contribution in [-0.4, -0.2) is 24.2 Å². The Kier molecular flexibility index (Phi) is 4.62. The molecule has 116 valence electrons. The normalized spacial score (nSPS) is 17.3. The van der Waals surface area contributed by atoms with E-state index in [1.54, 1.807) is 0 Å². The molecule has 0 aliphatic heterocycles. The van der Waals surface area contributed by atoms with E-state index in [0.29, 0.717) is 0 Å². The molecule has 1 aromatic rings. The first-order chi connectivity index (χ1) is 9.95. The molecule has 1 aliphatic carbocycles. The Bertz CT molecular complexity index is 530. The molecular formula is C14H19FN2O4. The summed E-state index contributed by atoms with van der Waals surface area (Å²) in [4.78, 5) is 10.3. The first-order valence-corrected chi connectivity index (χ1v) is 6.89. The Morgan fingerprint density at radius 3 is 2.57 bits per heavy atom. The van der Waals surface area contributed by atoms with E-state index in [2.05, 4.69) is 0 Å². The van der Waals surface area contributed by atoms with Crippen LogP contribution in [0, 0.1) is 15.9 Å². The molecule has 2 rings (SSSR count). The van der Waals surface area contributed by atoms with E-state index in [9.17, 15) is 14.5 Å². The molecule has 21 heavy (non-hydrogen) atoms. The molecule has 0 atom stereocenters. The Morgan fingerprint density at radius 1 is 1.33 bits per heavy atom. The third kappa shape index (κ3) is 3.60. The number of hydrogen-bond acceptors (Lipinski definition) is 5. The van der Waals surface area contributed by atoms with Gasteiger partial charge in [-0.25, -0.2) is 4.39 Å². The average Bonchev–Trinajstić information content (AvgIpc) is 2.46. The van der Waals surface area contributed by atoms with Crippen LogP contribution in [0.15, 0.2) is 12.1 Å². The average molecular weight is 298 g/mol. The van der Waals surface area contributed by atoms with Gasteiger partial charge in [-0.15, -0.1) is 0 Å². The third-order valence-corrected chi connectivity index (χ3v) is 3.79. The van der Waals surface area contributed by atoms with Gasteiger partial charge in [0.2, 0.25) is 5.75 Å². The summed E-state index contributed by atoms with van der Waals surface area (Å²) in [7, 11) is 1.29. The van der Waals surface area contributed by atoms with Crippen molar-refractivity contribution >= 4 is 5.69 Å². The number of nitro benzene ring substituents is 1. The summed E-state index contributed by atoms with van der Waals surface area (Å²) >= 11 is 0. The Labute approximate surface area is 122 Å². The molecule has 2 N–H and O–H groups in total. The van der Waals surface area contributed by atoms with Crippen LogP contribution < -0.4 is 15.2 Å². The van der Waals surface area contributed by atoms with Crippen molar-refractivity contribution in [3.8, 4) is 11.5 Å². The lowest BCUT2D eigenvalue weighted by atomic mass is 9.83. The van der Waals surface area contributed by atoms with E-state index in [1.807, 2.05) is 0 Å². The van der Waals surface area contributed by atoms with Crippen LogP contribution >= 0.6 is 0 Å². The molecule has 7 heteroatoms. The fraction of sp³-hybridized carbons (Fsp3) is 0.571. The zero-order chi connectivity index (χ0) is 15.5. The molecular weight excluding hydrogens is 279 g/mol. The van der Waals surface area contributed by atoms with Gasteiger partial charge in [-0.3, -0.25) is 10.1 Å². The van der Waals surface area contributed by atoms with Gasteiger partial charge in [-0.05, 0) is 12.8 Å². The topological polar surface area (TPSA) is 87.6 Å². The number of hydrogen-bond donors (Lipinski definition) is 1. The number of nitro groups is 1. The fourth-order valence-corrected chi connectivity index (χ4v) is 2.56. The second-order valence-electron chi connectivity index (χ2n) is 5.42. The predicted octanol–water partition coefficient (Wildman–Crippen LogP) is 2.78. The van der Waals surface area contributed by atoms with E-state index in [0.717, 1.165) is 38.2 Å². The fourth-order valence-electron chi connectivity index (χ4n) is 2.56. The summed E-state index contributed by atoms with van der Waals surface area (Å²) in [5.41, 5.74) is 5.33. The summed E-state index contributed by atoms with van der Waals surface area (Å²) in [6.45, 7) is 0.169. The van der Waals surface area contributed by atoms with Gasteiger partial charge in [-0.1, -0.05) is 19.3 Å². The van der Waals surface area contributed by atoms with Crippen molar-refractivity contribution in [1.82, 2.24) is 0 Å². The Balaban J connectivity index is 2.19. The van der Waals surface area contributed by atoms with Gasteiger partial charge < -0.3 is 15.2 Å². The van der Waals surface area contributed by atoms with E-state index in [-0.39, 0.29) is 18.1 Å². The lowest BCUT2D eigenvalue weighted by molar-refractivity contribution is -0.386. The summed E-state index contributed by atoms with van der Waals surface area (Å²) in [5.74, 6) is -0.907. The van der Waals surface area contributed by atoms with Crippen molar-refractivity contribution in [1.29, 1.82) is 0 Å². The van der Waals surface area contributed by atoms with Crippen LogP contribution in [0.2, 0.25) is 0 Å². The molecule has 0 radical (unpaired) electrons. The molecule has 6 nitrogen and oxygen atoms in total. The maximum absolute atomic E-state index is 13.6. The maximum Gasteiger partial charge on any atom is 0.314 e. The van der Waals surface area contributed by atoms with Crippen LogP contribution in [0.25, 0.3) is 0 Å². The van der Waals surface area contributed by atoms with E-state index < -0.39 is 22.0 Å². The van der Waals surface area contributed by atoms with Gasteiger partial charge in [-0.2, -0.15) is 0 Å². The summed E-state index contributed by atoms with van der Waals surface area (Å²) < 4.78 is 23.9. The molecule has 1 fully saturated rings. The van der Waals surface area contributed by atoms with Gasteiger partial charge in [0.05, 0.1) is 23.6 Å². The van der Waals surface area contributed by atoms with Crippen LogP contribution in [-0.2, 0) is 0 Å². The molecule has 0 bridgehead atoms. The maximum atomic E-state index is 13.6. The summed E-state index contributed by atoms with van der Waals surface area (Å²) in [5, 5.41) is 11.0. The number of nitrogens with zero attached hydrogens (tertiary/aromatic N) is 1. The molecule has 0 aromatic heterocycles.